The smallest absolute Gasteiger partial charge is 0.127 e. The molecule has 1 unspecified atom stereocenters. The van der Waals surface area contributed by atoms with Crippen molar-refractivity contribution in [3.63, 3.8) is 0 Å². The van der Waals surface area contributed by atoms with Crippen LogP contribution in [0.25, 0.3) is 0 Å². The van der Waals surface area contributed by atoms with Crippen LogP contribution in [-0.4, -0.2) is 5.11 Å². The third kappa shape index (κ3) is 3.35. The molecule has 1 N–H and O–H groups in total. The molecule has 21 heavy (non-hydrogen) atoms. The van der Waals surface area contributed by atoms with E-state index in [4.69, 9.17) is 4.74 Å². The molecule has 0 aliphatic carbocycles. The Kier molecular flexibility index (Phi) is 4.39. The summed E-state index contributed by atoms with van der Waals surface area (Å²) in [7, 11) is 0. The molecule has 0 aliphatic rings. The largest absolute Gasteiger partial charge is 0.457 e. The number of para-hydroxylation sites is 1. The van der Waals surface area contributed by atoms with Gasteiger partial charge < -0.3 is 9.84 Å². The summed E-state index contributed by atoms with van der Waals surface area (Å²) in [6, 6.07) is 19.1. The van der Waals surface area contributed by atoms with Gasteiger partial charge in [-0.3, -0.25) is 0 Å². The van der Waals surface area contributed by atoms with Gasteiger partial charge in [-0.1, -0.05) is 30.3 Å². The van der Waals surface area contributed by atoms with E-state index in [0.717, 1.165) is 26.4 Å². The Labute approximate surface area is 135 Å². The summed E-state index contributed by atoms with van der Waals surface area (Å²) in [5, 5.41) is 12.3. The first-order valence-corrected chi connectivity index (χ1v) is 8.15. The highest BCUT2D eigenvalue weighted by atomic mass is 79.9. The fourth-order valence-electron chi connectivity index (χ4n) is 1.99. The molecule has 0 radical (unpaired) electrons. The van der Waals surface area contributed by atoms with Crippen LogP contribution in [0.4, 0.5) is 0 Å². The first-order chi connectivity index (χ1) is 10.2. The van der Waals surface area contributed by atoms with E-state index in [1.54, 1.807) is 0 Å². The average molecular weight is 361 g/mol. The van der Waals surface area contributed by atoms with Crippen LogP contribution in [0, 0.1) is 0 Å². The number of ether oxygens (including phenoxy) is 1. The molecule has 0 spiro atoms. The molecule has 1 heterocycles. The predicted octanol–water partition coefficient (Wildman–Crippen LogP) is 5.38. The molecule has 3 rings (SSSR count). The molecule has 1 atom stereocenters. The SMILES string of the molecule is OC(c1ccc(Oc2ccccc2)cc1)c1sccc1Br. The monoisotopic (exact) mass is 360 g/mol. The number of hydrogen-bond donors (Lipinski definition) is 1. The Bertz CT molecular complexity index is 707. The van der Waals surface area contributed by atoms with Crippen molar-refractivity contribution in [3.05, 3.63) is 81.0 Å². The number of aliphatic hydroxyl groups is 1. The van der Waals surface area contributed by atoms with Crippen LogP contribution in [0.15, 0.2) is 70.5 Å². The fraction of sp³-hybridized carbons (Fsp3) is 0.0588. The molecular weight excluding hydrogens is 348 g/mol. The maximum absolute atomic E-state index is 10.4. The first-order valence-electron chi connectivity index (χ1n) is 6.48. The topological polar surface area (TPSA) is 29.5 Å². The Morgan fingerprint density at radius 2 is 1.57 bits per heavy atom. The summed E-state index contributed by atoms with van der Waals surface area (Å²) in [5.74, 6) is 1.55. The zero-order valence-corrected chi connectivity index (χ0v) is 13.5. The van der Waals surface area contributed by atoms with Crippen molar-refractivity contribution in [2.45, 2.75) is 6.10 Å². The lowest BCUT2D eigenvalue weighted by Crippen LogP contribution is -1.97. The second kappa shape index (κ2) is 6.43. The fourth-order valence-corrected chi connectivity index (χ4v) is 3.60. The first kappa shape index (κ1) is 14.3. The van der Waals surface area contributed by atoms with Gasteiger partial charge in [0, 0.05) is 4.47 Å². The van der Waals surface area contributed by atoms with Gasteiger partial charge in [-0.2, -0.15) is 0 Å². The van der Waals surface area contributed by atoms with E-state index in [9.17, 15) is 5.11 Å². The third-order valence-electron chi connectivity index (χ3n) is 3.07. The minimum absolute atomic E-state index is 0.620. The minimum Gasteiger partial charge on any atom is -0.457 e. The molecule has 0 bridgehead atoms. The van der Waals surface area contributed by atoms with Crippen LogP contribution in [0.2, 0.25) is 0 Å². The van der Waals surface area contributed by atoms with Gasteiger partial charge in [-0.05, 0) is 57.2 Å². The maximum Gasteiger partial charge on any atom is 0.127 e. The lowest BCUT2D eigenvalue weighted by atomic mass is 10.1. The van der Waals surface area contributed by atoms with Gasteiger partial charge in [-0.25, -0.2) is 0 Å². The average Bonchev–Trinajstić information content (AvgIpc) is 2.94. The van der Waals surface area contributed by atoms with Crippen LogP contribution in [0.3, 0.4) is 0 Å². The molecule has 0 saturated carbocycles. The number of thiophene rings is 1. The lowest BCUT2D eigenvalue weighted by molar-refractivity contribution is 0.223. The minimum atomic E-state index is -0.620. The zero-order valence-electron chi connectivity index (χ0n) is 11.1. The van der Waals surface area contributed by atoms with E-state index in [1.165, 1.54) is 11.3 Å². The van der Waals surface area contributed by atoms with E-state index >= 15 is 0 Å². The maximum atomic E-state index is 10.4. The summed E-state index contributed by atoms with van der Waals surface area (Å²) >= 11 is 4.98. The lowest BCUT2D eigenvalue weighted by Gasteiger charge is -2.11. The van der Waals surface area contributed by atoms with E-state index < -0.39 is 6.10 Å². The van der Waals surface area contributed by atoms with Gasteiger partial charge in [0.25, 0.3) is 0 Å². The number of halogens is 1. The van der Waals surface area contributed by atoms with Crippen molar-refractivity contribution in [1.82, 2.24) is 0 Å². The van der Waals surface area contributed by atoms with E-state index in [2.05, 4.69) is 15.9 Å². The van der Waals surface area contributed by atoms with Crippen molar-refractivity contribution < 1.29 is 9.84 Å². The van der Waals surface area contributed by atoms with Crippen LogP contribution < -0.4 is 4.74 Å². The van der Waals surface area contributed by atoms with E-state index in [0.29, 0.717) is 0 Å². The van der Waals surface area contributed by atoms with Crippen molar-refractivity contribution in [1.29, 1.82) is 0 Å². The Balaban J connectivity index is 1.77. The van der Waals surface area contributed by atoms with Crippen molar-refractivity contribution >= 4 is 27.3 Å². The number of rotatable bonds is 4. The molecule has 0 aliphatic heterocycles. The van der Waals surface area contributed by atoms with E-state index in [1.807, 2.05) is 66.0 Å². The van der Waals surface area contributed by atoms with Crippen molar-refractivity contribution in [2.75, 3.05) is 0 Å². The van der Waals surface area contributed by atoms with Gasteiger partial charge in [0.2, 0.25) is 0 Å². The highest BCUT2D eigenvalue weighted by molar-refractivity contribution is 9.10. The van der Waals surface area contributed by atoms with Crippen LogP contribution in [-0.2, 0) is 0 Å². The molecule has 2 nitrogen and oxygen atoms in total. The van der Waals surface area contributed by atoms with Gasteiger partial charge in [-0.15, -0.1) is 11.3 Å². The third-order valence-corrected chi connectivity index (χ3v) is 4.99. The number of aliphatic hydroxyl groups excluding tert-OH is 1. The van der Waals surface area contributed by atoms with Gasteiger partial charge in [0.05, 0.1) is 4.88 Å². The summed E-state index contributed by atoms with van der Waals surface area (Å²) in [6.07, 6.45) is -0.620. The number of hydrogen-bond acceptors (Lipinski definition) is 3. The zero-order chi connectivity index (χ0) is 14.7. The number of benzene rings is 2. The molecule has 0 fully saturated rings. The van der Waals surface area contributed by atoms with Gasteiger partial charge in [0.15, 0.2) is 0 Å². The van der Waals surface area contributed by atoms with Gasteiger partial charge >= 0.3 is 0 Å². The van der Waals surface area contributed by atoms with Crippen molar-refractivity contribution in [3.8, 4) is 11.5 Å². The highest BCUT2D eigenvalue weighted by Crippen LogP contribution is 2.33. The summed E-state index contributed by atoms with van der Waals surface area (Å²) in [4.78, 5) is 0.909. The summed E-state index contributed by atoms with van der Waals surface area (Å²) < 4.78 is 6.67. The Morgan fingerprint density at radius 3 is 2.19 bits per heavy atom. The molecule has 0 amide bonds. The standard InChI is InChI=1S/C17H13BrO2S/c18-15-10-11-21-17(15)16(19)12-6-8-14(9-7-12)20-13-4-2-1-3-5-13/h1-11,16,19H. The normalized spacial score (nSPS) is 12.1. The van der Waals surface area contributed by atoms with Crippen LogP contribution in [0.5, 0.6) is 11.5 Å². The van der Waals surface area contributed by atoms with E-state index in [-0.39, 0.29) is 0 Å². The molecule has 0 saturated heterocycles. The Hall–Kier alpha value is -1.62. The second-order valence-corrected chi connectivity index (χ2v) is 6.32. The predicted molar refractivity (Wildman–Crippen MR) is 89.0 cm³/mol. The molecule has 1 aromatic heterocycles. The molecular formula is C17H13BrO2S. The quantitative estimate of drug-likeness (QED) is 0.676. The van der Waals surface area contributed by atoms with Crippen LogP contribution in [0.1, 0.15) is 16.5 Å². The van der Waals surface area contributed by atoms with Gasteiger partial charge in [0.1, 0.15) is 17.6 Å². The van der Waals surface area contributed by atoms with Crippen LogP contribution >= 0.6 is 27.3 Å². The molecule has 106 valence electrons. The second-order valence-electron chi connectivity index (χ2n) is 4.52. The molecule has 4 heteroatoms. The molecule has 2 aromatic carbocycles. The summed E-state index contributed by atoms with van der Waals surface area (Å²) in [5.41, 5.74) is 0.846. The summed E-state index contributed by atoms with van der Waals surface area (Å²) in [6.45, 7) is 0. The Morgan fingerprint density at radius 1 is 0.905 bits per heavy atom. The highest BCUT2D eigenvalue weighted by Gasteiger charge is 2.15. The molecule has 3 aromatic rings. The van der Waals surface area contributed by atoms with Crippen molar-refractivity contribution in [2.24, 2.45) is 0 Å².